The van der Waals surface area contributed by atoms with Gasteiger partial charge in [0, 0.05) is 0 Å². The zero-order valence-corrected chi connectivity index (χ0v) is 6.20. The van der Waals surface area contributed by atoms with Crippen molar-refractivity contribution in [3.8, 4) is 0 Å². The second-order valence-electron chi connectivity index (χ2n) is 1.73. The summed E-state index contributed by atoms with van der Waals surface area (Å²) in [5, 5.41) is 0. The Balaban J connectivity index is 2.86. The molecule has 0 saturated heterocycles. The van der Waals surface area contributed by atoms with Gasteiger partial charge in [-0.15, -0.1) is 0 Å². The summed E-state index contributed by atoms with van der Waals surface area (Å²) < 4.78 is 0. The van der Waals surface area contributed by atoms with E-state index in [4.69, 9.17) is 5.90 Å². The second-order valence-corrected chi connectivity index (χ2v) is 2.71. The van der Waals surface area contributed by atoms with Crippen molar-refractivity contribution < 1.29 is 4.84 Å². The fourth-order valence-corrected chi connectivity index (χ4v) is 0.919. The van der Waals surface area contributed by atoms with Crippen LogP contribution in [-0.4, -0.2) is 18.1 Å². The first-order chi connectivity index (χ1) is 3.81. The van der Waals surface area contributed by atoms with Crippen molar-refractivity contribution in [2.75, 3.05) is 12.0 Å². The molecule has 0 aliphatic carbocycles. The van der Waals surface area contributed by atoms with Gasteiger partial charge in [-0.25, -0.2) is 5.90 Å². The summed E-state index contributed by atoms with van der Waals surface area (Å²) in [5.41, 5.74) is 0. The van der Waals surface area contributed by atoms with Crippen molar-refractivity contribution in [3.05, 3.63) is 0 Å². The topological polar surface area (TPSA) is 35.2 Å². The van der Waals surface area contributed by atoms with Gasteiger partial charge in [-0.2, -0.15) is 11.8 Å². The van der Waals surface area contributed by atoms with Gasteiger partial charge in [0.25, 0.3) is 0 Å². The predicted octanol–water partition coefficient (Wildman–Crippen LogP) is 1.02. The molecular formula is C5H13NOS. The molecule has 0 aromatic rings. The minimum absolute atomic E-state index is 0.211. The summed E-state index contributed by atoms with van der Waals surface area (Å²) in [5.74, 6) is 6.03. The van der Waals surface area contributed by atoms with Crippen LogP contribution in [0.2, 0.25) is 0 Å². The van der Waals surface area contributed by atoms with E-state index in [2.05, 4.69) is 11.1 Å². The number of hydrogen-bond acceptors (Lipinski definition) is 3. The molecular weight excluding hydrogens is 122 g/mol. The molecule has 8 heavy (non-hydrogen) atoms. The first-order valence-corrected chi connectivity index (χ1v) is 4.05. The van der Waals surface area contributed by atoms with Crippen molar-refractivity contribution in [2.45, 2.75) is 19.4 Å². The summed E-state index contributed by atoms with van der Waals surface area (Å²) in [7, 11) is 0. The van der Waals surface area contributed by atoms with E-state index in [0.717, 1.165) is 12.2 Å². The standard InChI is InChI=1S/C5H13NOS/c1-5(7-6)3-4-8-2/h5H,3-4,6H2,1-2H3. The zero-order chi connectivity index (χ0) is 6.41. The number of rotatable bonds is 4. The minimum Gasteiger partial charge on any atom is -0.302 e. The van der Waals surface area contributed by atoms with Crippen LogP contribution in [0.15, 0.2) is 0 Å². The molecule has 0 saturated carbocycles. The fraction of sp³-hybridized carbons (Fsp3) is 1.00. The summed E-state index contributed by atoms with van der Waals surface area (Å²) in [6.45, 7) is 1.97. The van der Waals surface area contributed by atoms with Crippen LogP contribution in [-0.2, 0) is 4.84 Å². The smallest absolute Gasteiger partial charge is 0.0767 e. The SMILES string of the molecule is CSCCC(C)ON. The molecule has 1 atom stereocenters. The summed E-state index contributed by atoms with van der Waals surface area (Å²) >= 11 is 1.81. The Bertz CT molecular complexity index is 51.7. The van der Waals surface area contributed by atoms with Gasteiger partial charge in [0.2, 0.25) is 0 Å². The summed E-state index contributed by atoms with van der Waals surface area (Å²) in [6.07, 6.45) is 3.32. The lowest BCUT2D eigenvalue weighted by Gasteiger charge is -2.04. The van der Waals surface area contributed by atoms with E-state index in [-0.39, 0.29) is 6.10 Å². The van der Waals surface area contributed by atoms with Crippen molar-refractivity contribution in [3.63, 3.8) is 0 Å². The van der Waals surface area contributed by atoms with Crippen molar-refractivity contribution in [1.82, 2.24) is 0 Å². The van der Waals surface area contributed by atoms with Crippen LogP contribution in [0, 0.1) is 0 Å². The van der Waals surface area contributed by atoms with Crippen LogP contribution in [0.4, 0.5) is 0 Å². The first-order valence-electron chi connectivity index (χ1n) is 2.65. The molecule has 0 spiro atoms. The van der Waals surface area contributed by atoms with Crippen molar-refractivity contribution in [1.29, 1.82) is 0 Å². The largest absolute Gasteiger partial charge is 0.302 e. The number of hydrogen-bond donors (Lipinski definition) is 1. The van der Waals surface area contributed by atoms with E-state index in [1.165, 1.54) is 0 Å². The molecule has 1 unspecified atom stereocenters. The van der Waals surface area contributed by atoms with Gasteiger partial charge in [-0.3, -0.25) is 0 Å². The van der Waals surface area contributed by atoms with E-state index in [1.807, 2.05) is 18.7 Å². The third kappa shape index (κ3) is 4.43. The Hall–Kier alpha value is 0.270. The summed E-state index contributed by atoms with van der Waals surface area (Å²) in [6, 6.07) is 0. The van der Waals surface area contributed by atoms with Crippen LogP contribution >= 0.6 is 11.8 Å². The van der Waals surface area contributed by atoms with E-state index in [9.17, 15) is 0 Å². The molecule has 0 bridgehead atoms. The van der Waals surface area contributed by atoms with Crippen molar-refractivity contribution >= 4 is 11.8 Å². The first kappa shape index (κ1) is 8.27. The molecule has 0 radical (unpaired) electrons. The lowest BCUT2D eigenvalue weighted by molar-refractivity contribution is 0.0650. The molecule has 0 fully saturated rings. The number of nitrogens with two attached hydrogens (primary N) is 1. The average Bonchev–Trinajstić information content (AvgIpc) is 1.83. The molecule has 3 heteroatoms. The second kappa shape index (κ2) is 5.41. The molecule has 0 heterocycles. The molecule has 50 valence electrons. The highest BCUT2D eigenvalue weighted by Gasteiger charge is 1.96. The van der Waals surface area contributed by atoms with Crippen LogP contribution in [0.3, 0.4) is 0 Å². The van der Waals surface area contributed by atoms with Crippen LogP contribution in [0.5, 0.6) is 0 Å². The Morgan fingerprint density at radius 1 is 1.75 bits per heavy atom. The minimum atomic E-state index is 0.211. The molecule has 2 nitrogen and oxygen atoms in total. The van der Waals surface area contributed by atoms with Crippen molar-refractivity contribution in [2.24, 2.45) is 5.90 Å². The highest BCUT2D eigenvalue weighted by atomic mass is 32.2. The summed E-state index contributed by atoms with van der Waals surface area (Å²) in [4.78, 5) is 4.54. The fourth-order valence-electron chi connectivity index (χ4n) is 0.352. The molecule has 0 aliphatic heterocycles. The molecule has 0 aromatic carbocycles. The Kier molecular flexibility index (Phi) is 5.59. The Morgan fingerprint density at radius 3 is 2.75 bits per heavy atom. The van der Waals surface area contributed by atoms with Crippen LogP contribution in [0.25, 0.3) is 0 Å². The highest BCUT2D eigenvalue weighted by molar-refractivity contribution is 7.98. The van der Waals surface area contributed by atoms with Gasteiger partial charge in [-0.1, -0.05) is 0 Å². The third-order valence-corrected chi connectivity index (χ3v) is 1.60. The predicted molar refractivity (Wildman–Crippen MR) is 37.7 cm³/mol. The molecule has 2 N–H and O–H groups in total. The van der Waals surface area contributed by atoms with Gasteiger partial charge < -0.3 is 4.84 Å². The number of thioether (sulfide) groups is 1. The van der Waals surface area contributed by atoms with E-state index in [0.29, 0.717) is 0 Å². The van der Waals surface area contributed by atoms with Gasteiger partial charge in [0.1, 0.15) is 0 Å². The van der Waals surface area contributed by atoms with Crippen LogP contribution in [0.1, 0.15) is 13.3 Å². The van der Waals surface area contributed by atoms with Gasteiger partial charge in [-0.05, 0) is 25.4 Å². The highest BCUT2D eigenvalue weighted by Crippen LogP contribution is 2.00. The third-order valence-electron chi connectivity index (χ3n) is 0.961. The lowest BCUT2D eigenvalue weighted by atomic mass is 10.3. The maximum Gasteiger partial charge on any atom is 0.0767 e. The normalized spacial score (nSPS) is 13.9. The van der Waals surface area contributed by atoms with Gasteiger partial charge in [0.05, 0.1) is 6.10 Å². The Morgan fingerprint density at radius 2 is 2.38 bits per heavy atom. The quantitative estimate of drug-likeness (QED) is 0.584. The van der Waals surface area contributed by atoms with Gasteiger partial charge >= 0.3 is 0 Å². The van der Waals surface area contributed by atoms with E-state index < -0.39 is 0 Å². The van der Waals surface area contributed by atoms with Crippen LogP contribution < -0.4 is 5.90 Å². The molecule has 0 aliphatic rings. The maximum atomic E-state index is 4.90. The lowest BCUT2D eigenvalue weighted by Crippen LogP contribution is -2.13. The van der Waals surface area contributed by atoms with Gasteiger partial charge in [0.15, 0.2) is 0 Å². The van der Waals surface area contributed by atoms with E-state index in [1.54, 1.807) is 0 Å². The monoisotopic (exact) mass is 135 g/mol. The zero-order valence-electron chi connectivity index (χ0n) is 5.39. The Labute approximate surface area is 54.7 Å². The average molecular weight is 135 g/mol. The molecule has 0 rings (SSSR count). The molecule has 0 aromatic heterocycles. The molecule has 0 amide bonds. The maximum absolute atomic E-state index is 4.90. The van der Waals surface area contributed by atoms with E-state index >= 15 is 0 Å².